The zero-order valence-electron chi connectivity index (χ0n) is 13.2. The van der Waals surface area contributed by atoms with Gasteiger partial charge in [0.05, 0.1) is 0 Å². The van der Waals surface area contributed by atoms with Crippen molar-refractivity contribution in [2.75, 3.05) is 13.1 Å². The molecular formula is C17H19N5OS. The summed E-state index contributed by atoms with van der Waals surface area (Å²) in [6.07, 6.45) is 3.38. The topological polar surface area (TPSA) is 73.9 Å². The molecule has 2 aromatic heterocycles. The number of aromatic nitrogens is 3. The van der Waals surface area contributed by atoms with Crippen LogP contribution in [0.5, 0.6) is 0 Å². The quantitative estimate of drug-likeness (QED) is 0.769. The van der Waals surface area contributed by atoms with Gasteiger partial charge in [0.15, 0.2) is 0 Å². The number of likely N-dealkylation sites (tertiary alicyclic amines) is 1. The first-order valence-corrected chi connectivity index (χ1v) is 9.02. The Morgan fingerprint density at radius 2 is 2.17 bits per heavy atom. The molecule has 1 aromatic carbocycles. The lowest BCUT2D eigenvalue weighted by Crippen LogP contribution is -2.43. The maximum absolute atomic E-state index is 12.4. The predicted molar refractivity (Wildman–Crippen MR) is 94.0 cm³/mol. The monoisotopic (exact) mass is 341 g/mol. The summed E-state index contributed by atoms with van der Waals surface area (Å²) < 4.78 is 1.26. The van der Waals surface area contributed by atoms with Gasteiger partial charge in [-0.15, -0.1) is 11.3 Å². The molecule has 1 aliphatic heterocycles. The molecular weight excluding hydrogens is 322 g/mol. The van der Waals surface area contributed by atoms with Crippen molar-refractivity contribution in [3.05, 3.63) is 47.4 Å². The van der Waals surface area contributed by atoms with Crippen LogP contribution in [-0.4, -0.2) is 39.2 Å². The summed E-state index contributed by atoms with van der Waals surface area (Å²) in [4.78, 5) is 18.5. The van der Waals surface area contributed by atoms with E-state index in [2.05, 4.69) is 38.0 Å². The molecule has 24 heavy (non-hydrogen) atoms. The van der Waals surface area contributed by atoms with Crippen LogP contribution in [-0.2, 0) is 6.54 Å². The van der Waals surface area contributed by atoms with Crippen molar-refractivity contribution in [1.82, 2.24) is 25.4 Å². The van der Waals surface area contributed by atoms with Gasteiger partial charge in [-0.2, -0.15) is 5.10 Å². The molecule has 0 saturated carbocycles. The van der Waals surface area contributed by atoms with E-state index < -0.39 is 0 Å². The average Bonchev–Trinajstić information content (AvgIpc) is 3.30. The number of amides is 2. The molecule has 3 aromatic rings. The second-order valence-electron chi connectivity index (χ2n) is 6.05. The minimum absolute atomic E-state index is 0.0151. The minimum Gasteiger partial charge on any atom is -0.334 e. The Kier molecular flexibility index (Phi) is 4.17. The normalized spacial score (nSPS) is 15.8. The number of carbonyl (C=O) groups is 1. The molecule has 1 fully saturated rings. The van der Waals surface area contributed by atoms with Crippen LogP contribution in [0.2, 0.25) is 0 Å². The number of H-pyrrole nitrogens is 1. The molecule has 6 nitrogen and oxygen atoms in total. The lowest BCUT2D eigenvalue weighted by Gasteiger charge is -2.31. The molecule has 4 rings (SSSR count). The van der Waals surface area contributed by atoms with E-state index in [1.54, 1.807) is 17.7 Å². The van der Waals surface area contributed by atoms with Crippen molar-refractivity contribution in [2.45, 2.75) is 25.3 Å². The van der Waals surface area contributed by atoms with Gasteiger partial charge in [-0.25, -0.2) is 9.78 Å². The molecule has 124 valence electrons. The van der Waals surface area contributed by atoms with Gasteiger partial charge < -0.3 is 10.2 Å². The van der Waals surface area contributed by atoms with Crippen LogP contribution in [0.25, 0.3) is 10.1 Å². The fraction of sp³-hybridized carbons (Fsp3) is 0.353. The van der Waals surface area contributed by atoms with Crippen molar-refractivity contribution < 1.29 is 4.79 Å². The molecule has 0 bridgehead atoms. The fourth-order valence-electron chi connectivity index (χ4n) is 3.22. The van der Waals surface area contributed by atoms with Gasteiger partial charge >= 0.3 is 6.03 Å². The molecule has 7 heteroatoms. The Balaban J connectivity index is 1.32. The number of nitrogens with zero attached hydrogens (tertiary/aromatic N) is 3. The Morgan fingerprint density at radius 3 is 2.96 bits per heavy atom. The highest BCUT2D eigenvalue weighted by molar-refractivity contribution is 7.17. The van der Waals surface area contributed by atoms with Gasteiger partial charge in [0.1, 0.15) is 12.2 Å². The number of rotatable bonds is 3. The summed E-state index contributed by atoms with van der Waals surface area (Å²) >= 11 is 1.72. The Hall–Kier alpha value is -2.41. The maximum atomic E-state index is 12.4. The van der Waals surface area contributed by atoms with Crippen LogP contribution in [0.1, 0.15) is 30.1 Å². The van der Waals surface area contributed by atoms with Crippen LogP contribution in [0, 0.1) is 0 Å². The fourth-order valence-corrected chi connectivity index (χ4v) is 4.18. The first kappa shape index (κ1) is 15.1. The second kappa shape index (κ2) is 6.60. The number of nitrogens with one attached hydrogen (secondary N) is 2. The minimum atomic E-state index is 0.0151. The second-order valence-corrected chi connectivity index (χ2v) is 6.96. The summed E-state index contributed by atoms with van der Waals surface area (Å²) in [5.74, 6) is 1.30. The number of fused-ring (bicyclic) bond motifs is 1. The SMILES string of the molecule is O=C(NCc1csc2ccccc12)N1CCC(c2ncn[nH]2)CC1. The summed E-state index contributed by atoms with van der Waals surface area (Å²) in [7, 11) is 0. The lowest BCUT2D eigenvalue weighted by molar-refractivity contribution is 0.180. The van der Waals surface area contributed by atoms with E-state index >= 15 is 0 Å². The van der Waals surface area contributed by atoms with Gasteiger partial charge in [0.2, 0.25) is 0 Å². The van der Waals surface area contributed by atoms with E-state index in [1.807, 2.05) is 17.0 Å². The molecule has 1 saturated heterocycles. The molecule has 0 radical (unpaired) electrons. The highest BCUT2D eigenvalue weighted by Gasteiger charge is 2.25. The van der Waals surface area contributed by atoms with Crippen LogP contribution in [0.4, 0.5) is 4.79 Å². The third-order valence-corrected chi connectivity index (χ3v) is 5.61. The number of hydrogen-bond acceptors (Lipinski definition) is 4. The van der Waals surface area contributed by atoms with Crippen molar-refractivity contribution >= 4 is 27.5 Å². The van der Waals surface area contributed by atoms with Gasteiger partial charge in [0.25, 0.3) is 0 Å². The Morgan fingerprint density at radius 1 is 1.33 bits per heavy atom. The molecule has 0 unspecified atom stereocenters. The highest BCUT2D eigenvalue weighted by Crippen LogP contribution is 2.26. The van der Waals surface area contributed by atoms with Crippen molar-refractivity contribution in [3.63, 3.8) is 0 Å². The highest BCUT2D eigenvalue weighted by atomic mass is 32.1. The number of urea groups is 1. The summed E-state index contributed by atoms with van der Waals surface area (Å²) in [5.41, 5.74) is 1.18. The molecule has 0 atom stereocenters. The Labute approximate surface area is 143 Å². The van der Waals surface area contributed by atoms with E-state index in [9.17, 15) is 4.79 Å². The first-order valence-electron chi connectivity index (χ1n) is 8.14. The number of thiophene rings is 1. The number of piperidine rings is 1. The van der Waals surface area contributed by atoms with Gasteiger partial charge in [-0.3, -0.25) is 5.10 Å². The van der Waals surface area contributed by atoms with Gasteiger partial charge in [-0.1, -0.05) is 18.2 Å². The number of benzene rings is 1. The number of hydrogen-bond donors (Lipinski definition) is 2. The standard InChI is InChI=1S/C17H19N5OS/c23-17(18-9-13-10-24-15-4-2-1-3-14(13)15)22-7-5-12(6-8-22)16-19-11-20-21-16/h1-4,10-12H,5-9H2,(H,18,23)(H,19,20,21). The zero-order valence-corrected chi connectivity index (χ0v) is 14.1. The van der Waals surface area contributed by atoms with Crippen LogP contribution < -0.4 is 5.32 Å². The zero-order chi connectivity index (χ0) is 16.4. The third kappa shape index (κ3) is 2.99. The van der Waals surface area contributed by atoms with Crippen molar-refractivity contribution in [2.24, 2.45) is 0 Å². The molecule has 0 spiro atoms. The van der Waals surface area contributed by atoms with Crippen molar-refractivity contribution in [3.8, 4) is 0 Å². The number of aromatic amines is 1. The molecule has 2 amide bonds. The van der Waals surface area contributed by atoms with E-state index in [-0.39, 0.29) is 6.03 Å². The number of carbonyl (C=O) groups excluding carboxylic acids is 1. The molecule has 2 N–H and O–H groups in total. The largest absolute Gasteiger partial charge is 0.334 e. The van der Waals surface area contributed by atoms with Crippen LogP contribution in [0.15, 0.2) is 36.0 Å². The smallest absolute Gasteiger partial charge is 0.317 e. The van der Waals surface area contributed by atoms with Gasteiger partial charge in [0, 0.05) is 30.3 Å². The lowest BCUT2D eigenvalue weighted by atomic mass is 9.96. The molecule has 1 aliphatic rings. The van der Waals surface area contributed by atoms with E-state index in [4.69, 9.17) is 0 Å². The summed E-state index contributed by atoms with van der Waals surface area (Å²) in [6.45, 7) is 2.08. The van der Waals surface area contributed by atoms with Crippen molar-refractivity contribution in [1.29, 1.82) is 0 Å². The van der Waals surface area contributed by atoms with E-state index in [1.165, 1.54) is 15.6 Å². The summed E-state index contributed by atoms with van der Waals surface area (Å²) in [5, 5.41) is 13.2. The van der Waals surface area contributed by atoms with E-state index in [0.29, 0.717) is 12.5 Å². The molecule has 0 aliphatic carbocycles. The average molecular weight is 341 g/mol. The van der Waals surface area contributed by atoms with Gasteiger partial charge in [-0.05, 0) is 35.2 Å². The molecule has 3 heterocycles. The van der Waals surface area contributed by atoms with Crippen LogP contribution >= 0.6 is 11.3 Å². The predicted octanol–water partition coefficient (Wildman–Crippen LogP) is 3.11. The van der Waals surface area contributed by atoms with Crippen LogP contribution in [0.3, 0.4) is 0 Å². The Bertz CT molecular complexity index is 821. The summed E-state index contributed by atoms with van der Waals surface area (Å²) in [6, 6.07) is 8.31. The maximum Gasteiger partial charge on any atom is 0.317 e. The first-order chi connectivity index (χ1) is 11.8. The third-order valence-electron chi connectivity index (χ3n) is 4.59. The van der Waals surface area contributed by atoms with E-state index in [0.717, 1.165) is 31.8 Å².